The Kier molecular flexibility index (Phi) is 3.58. The van der Waals surface area contributed by atoms with E-state index >= 15 is 0 Å². The lowest BCUT2D eigenvalue weighted by Gasteiger charge is -2.15. The van der Waals surface area contributed by atoms with E-state index in [1.807, 2.05) is 66.7 Å². The minimum atomic E-state index is -3.24. The Hall–Kier alpha value is -1.67. The average Bonchev–Trinajstić information content (AvgIpc) is 2.88. The van der Waals surface area contributed by atoms with E-state index < -0.39 is 7.60 Å². The summed E-state index contributed by atoms with van der Waals surface area (Å²) in [5.41, 5.74) is 1.84. The van der Waals surface area contributed by atoms with Crippen molar-refractivity contribution in [2.24, 2.45) is 0 Å². The molecule has 1 aliphatic rings. The van der Waals surface area contributed by atoms with Gasteiger partial charge in [-0.05, 0) is 17.2 Å². The van der Waals surface area contributed by atoms with Gasteiger partial charge in [-0.3, -0.25) is 9.09 Å². The summed E-state index contributed by atoms with van der Waals surface area (Å²) in [6.45, 7) is 0. The average molecular weight is 286 g/mol. The maximum atomic E-state index is 12.8. The van der Waals surface area contributed by atoms with E-state index in [-0.39, 0.29) is 6.10 Å². The first-order valence-electron chi connectivity index (χ1n) is 6.40. The second kappa shape index (κ2) is 5.37. The fourth-order valence-electron chi connectivity index (χ4n) is 2.28. The molecule has 2 aromatic carbocycles. The van der Waals surface area contributed by atoms with Crippen LogP contribution in [0.3, 0.4) is 0 Å². The fourth-order valence-corrected chi connectivity index (χ4v) is 3.94. The van der Waals surface area contributed by atoms with E-state index in [0.29, 0.717) is 5.31 Å². The third kappa shape index (κ3) is 2.36. The third-order valence-electron chi connectivity index (χ3n) is 3.29. The van der Waals surface area contributed by atoms with Crippen LogP contribution in [0.1, 0.15) is 17.2 Å². The molecule has 0 fully saturated rings. The van der Waals surface area contributed by atoms with Crippen molar-refractivity contribution in [1.29, 1.82) is 0 Å². The van der Waals surface area contributed by atoms with E-state index in [2.05, 4.69) is 0 Å². The van der Waals surface area contributed by atoms with Crippen LogP contribution in [0.5, 0.6) is 0 Å². The van der Waals surface area contributed by atoms with Crippen LogP contribution >= 0.6 is 7.60 Å². The summed E-state index contributed by atoms with van der Waals surface area (Å²) >= 11 is 0. The predicted molar refractivity (Wildman–Crippen MR) is 79.3 cm³/mol. The molecule has 0 saturated carbocycles. The standard InChI is InChI=1S/C16H15O3P/c1-18-20(17)16(14-10-6-3-7-11-14)12-15(19-20)13-8-4-2-5-9-13/h2-12,15H,1H3/t15-,20-/m0/s1. The normalized spacial score (nSPS) is 25.4. The first-order valence-corrected chi connectivity index (χ1v) is 7.94. The number of rotatable bonds is 3. The number of hydrogen-bond donors (Lipinski definition) is 0. The second-order valence-corrected chi connectivity index (χ2v) is 6.59. The lowest BCUT2D eigenvalue weighted by Crippen LogP contribution is -1.94. The zero-order valence-electron chi connectivity index (χ0n) is 11.1. The molecule has 102 valence electrons. The minimum absolute atomic E-state index is 0.336. The summed E-state index contributed by atoms with van der Waals surface area (Å²) < 4.78 is 23.7. The Morgan fingerprint density at radius 2 is 1.60 bits per heavy atom. The SMILES string of the molecule is CO[P@]1(=O)O[C@H](c2ccccc2)C=C1c1ccccc1. The molecule has 2 atom stereocenters. The molecule has 0 saturated heterocycles. The first-order chi connectivity index (χ1) is 9.73. The zero-order chi connectivity index (χ0) is 14.0. The van der Waals surface area contributed by atoms with Crippen LogP contribution in [-0.4, -0.2) is 7.11 Å². The summed E-state index contributed by atoms with van der Waals surface area (Å²) in [5, 5.41) is 0.634. The molecule has 1 heterocycles. The van der Waals surface area contributed by atoms with E-state index in [0.717, 1.165) is 11.1 Å². The van der Waals surface area contributed by atoms with Gasteiger partial charge in [-0.25, -0.2) is 0 Å². The third-order valence-corrected chi connectivity index (χ3v) is 5.28. The van der Waals surface area contributed by atoms with Gasteiger partial charge in [0.05, 0.1) is 5.31 Å². The predicted octanol–water partition coefficient (Wildman–Crippen LogP) is 4.64. The van der Waals surface area contributed by atoms with E-state index in [4.69, 9.17) is 9.05 Å². The molecule has 2 aromatic rings. The maximum Gasteiger partial charge on any atom is 0.362 e. The summed E-state index contributed by atoms with van der Waals surface area (Å²) in [7, 11) is -1.82. The van der Waals surface area contributed by atoms with E-state index in [1.165, 1.54) is 7.11 Å². The van der Waals surface area contributed by atoms with Crippen LogP contribution in [0.25, 0.3) is 5.31 Å². The van der Waals surface area contributed by atoms with Gasteiger partial charge in [0.2, 0.25) is 0 Å². The molecule has 0 bridgehead atoms. The highest BCUT2D eigenvalue weighted by Gasteiger charge is 2.39. The molecular formula is C16H15O3P. The molecule has 0 spiro atoms. The maximum absolute atomic E-state index is 12.8. The lowest BCUT2D eigenvalue weighted by molar-refractivity contribution is 0.214. The topological polar surface area (TPSA) is 35.5 Å². The molecule has 0 amide bonds. The Labute approximate surface area is 118 Å². The summed E-state index contributed by atoms with van der Waals surface area (Å²) in [6, 6.07) is 19.3. The van der Waals surface area contributed by atoms with Gasteiger partial charge < -0.3 is 4.52 Å². The molecule has 3 rings (SSSR count). The van der Waals surface area contributed by atoms with Gasteiger partial charge in [0.15, 0.2) is 0 Å². The first kappa shape index (κ1) is 13.3. The smallest absolute Gasteiger partial charge is 0.309 e. The van der Waals surface area contributed by atoms with Crippen LogP contribution in [0, 0.1) is 0 Å². The van der Waals surface area contributed by atoms with Crippen molar-refractivity contribution in [3.05, 3.63) is 77.9 Å². The largest absolute Gasteiger partial charge is 0.362 e. The van der Waals surface area contributed by atoms with Crippen molar-refractivity contribution in [1.82, 2.24) is 0 Å². The van der Waals surface area contributed by atoms with Crippen LogP contribution in [0.2, 0.25) is 0 Å². The van der Waals surface area contributed by atoms with Gasteiger partial charge in [-0.15, -0.1) is 0 Å². The van der Waals surface area contributed by atoms with Gasteiger partial charge in [0.25, 0.3) is 0 Å². The monoisotopic (exact) mass is 286 g/mol. The van der Waals surface area contributed by atoms with Crippen LogP contribution in [0.4, 0.5) is 0 Å². The second-order valence-electron chi connectivity index (χ2n) is 4.53. The molecule has 0 radical (unpaired) electrons. The summed E-state index contributed by atoms with van der Waals surface area (Å²) in [5.74, 6) is 0. The van der Waals surface area contributed by atoms with Crippen molar-refractivity contribution in [2.75, 3.05) is 7.11 Å². The number of hydrogen-bond acceptors (Lipinski definition) is 3. The van der Waals surface area contributed by atoms with Gasteiger partial charge in [-0.1, -0.05) is 60.7 Å². The molecule has 4 heteroatoms. The summed E-state index contributed by atoms with van der Waals surface area (Å²) in [4.78, 5) is 0. The van der Waals surface area contributed by atoms with Crippen molar-refractivity contribution in [2.45, 2.75) is 6.10 Å². The molecule has 1 aliphatic heterocycles. The zero-order valence-corrected chi connectivity index (χ0v) is 12.0. The van der Waals surface area contributed by atoms with Gasteiger partial charge in [-0.2, -0.15) is 0 Å². The van der Waals surface area contributed by atoms with Crippen LogP contribution < -0.4 is 0 Å². The molecule has 3 nitrogen and oxygen atoms in total. The van der Waals surface area contributed by atoms with Crippen LogP contribution in [0.15, 0.2) is 66.7 Å². The highest BCUT2D eigenvalue weighted by atomic mass is 31.2. The van der Waals surface area contributed by atoms with Gasteiger partial charge in [0, 0.05) is 7.11 Å². The lowest BCUT2D eigenvalue weighted by atomic mass is 10.1. The van der Waals surface area contributed by atoms with Crippen molar-refractivity contribution >= 4 is 12.9 Å². The Bertz CT molecular complexity index is 665. The minimum Gasteiger partial charge on any atom is -0.309 e. The summed E-state index contributed by atoms with van der Waals surface area (Å²) in [6.07, 6.45) is 1.55. The number of benzene rings is 2. The molecule has 0 N–H and O–H groups in total. The highest BCUT2D eigenvalue weighted by molar-refractivity contribution is 7.65. The fraction of sp³-hybridized carbons (Fsp3) is 0.125. The van der Waals surface area contributed by atoms with Crippen molar-refractivity contribution in [3.8, 4) is 0 Å². The molecular weight excluding hydrogens is 271 g/mol. The van der Waals surface area contributed by atoms with E-state index in [9.17, 15) is 4.57 Å². The molecule has 0 aliphatic carbocycles. The van der Waals surface area contributed by atoms with E-state index in [1.54, 1.807) is 0 Å². The Balaban J connectivity index is 2.03. The Morgan fingerprint density at radius 3 is 2.20 bits per heavy atom. The van der Waals surface area contributed by atoms with Crippen molar-refractivity contribution in [3.63, 3.8) is 0 Å². The highest BCUT2D eigenvalue weighted by Crippen LogP contribution is 2.67. The van der Waals surface area contributed by atoms with Crippen LogP contribution in [-0.2, 0) is 13.6 Å². The van der Waals surface area contributed by atoms with Gasteiger partial charge in [0.1, 0.15) is 6.10 Å². The molecule has 0 aromatic heterocycles. The molecule has 20 heavy (non-hydrogen) atoms. The quantitative estimate of drug-likeness (QED) is 0.771. The Morgan fingerprint density at radius 1 is 1.00 bits per heavy atom. The van der Waals surface area contributed by atoms with Gasteiger partial charge >= 0.3 is 7.60 Å². The van der Waals surface area contributed by atoms with Crippen molar-refractivity contribution < 1.29 is 13.6 Å². The molecule has 0 unspecified atom stereocenters.